The summed E-state index contributed by atoms with van der Waals surface area (Å²) in [6.07, 6.45) is 0. The van der Waals surface area contributed by atoms with Crippen molar-refractivity contribution in [1.82, 2.24) is 5.32 Å². The molecule has 0 aliphatic rings. The van der Waals surface area contributed by atoms with Crippen LogP contribution in [0.25, 0.3) is 0 Å². The first-order valence-electron chi connectivity index (χ1n) is 10.3. The van der Waals surface area contributed by atoms with Gasteiger partial charge < -0.3 is 20.9 Å². The summed E-state index contributed by atoms with van der Waals surface area (Å²) in [5.74, 6) is -0.555. The van der Waals surface area contributed by atoms with Crippen LogP contribution in [0, 0.1) is 0 Å². The Morgan fingerprint density at radius 1 is 0.812 bits per heavy atom. The van der Waals surface area contributed by atoms with E-state index in [1.54, 1.807) is 60.5 Å². The summed E-state index contributed by atoms with van der Waals surface area (Å²) in [6, 6.07) is 23.1. The van der Waals surface area contributed by atoms with Crippen LogP contribution >= 0.6 is 0 Å². The zero-order valence-corrected chi connectivity index (χ0v) is 18.1. The quantitative estimate of drug-likeness (QED) is 0.508. The number of amides is 3. The van der Waals surface area contributed by atoms with Gasteiger partial charge in [0.25, 0.3) is 11.8 Å². The molecule has 0 bridgehead atoms. The van der Waals surface area contributed by atoms with E-state index in [2.05, 4.69) is 16.0 Å². The molecule has 0 fully saturated rings. The molecule has 32 heavy (non-hydrogen) atoms. The number of hydrogen-bond acceptors (Lipinski definition) is 4. The molecule has 3 N–H and O–H groups in total. The van der Waals surface area contributed by atoms with Crippen molar-refractivity contribution in [1.29, 1.82) is 0 Å². The number of nitrogens with zero attached hydrogens (tertiary/aromatic N) is 1. The molecule has 0 aromatic heterocycles. The zero-order valence-electron chi connectivity index (χ0n) is 18.1. The molecule has 0 heterocycles. The smallest absolute Gasteiger partial charge is 0.258 e. The summed E-state index contributed by atoms with van der Waals surface area (Å²) in [4.78, 5) is 38.5. The maximum Gasteiger partial charge on any atom is 0.258 e. The van der Waals surface area contributed by atoms with E-state index in [0.717, 1.165) is 11.4 Å². The monoisotopic (exact) mass is 430 g/mol. The van der Waals surface area contributed by atoms with Gasteiger partial charge in [-0.3, -0.25) is 14.4 Å². The standard InChI is InChI=1S/C25H26N4O3/c1-3-26-24(31)18-12-14-20(15-13-18)27-17-23(30)28-21-9-7-8-19(16-21)25(32)29(2)22-10-5-4-6-11-22/h4-16,27H,3,17H2,1-2H3,(H,26,31)(H,28,30). The average molecular weight is 431 g/mol. The lowest BCUT2D eigenvalue weighted by molar-refractivity contribution is -0.114. The first-order valence-corrected chi connectivity index (χ1v) is 10.3. The van der Waals surface area contributed by atoms with Crippen LogP contribution in [-0.4, -0.2) is 37.9 Å². The maximum absolute atomic E-state index is 12.8. The predicted molar refractivity (Wildman–Crippen MR) is 127 cm³/mol. The molecule has 3 amide bonds. The molecule has 3 rings (SSSR count). The number of rotatable bonds is 8. The Balaban J connectivity index is 1.56. The van der Waals surface area contributed by atoms with Gasteiger partial charge in [0, 0.05) is 41.8 Å². The zero-order chi connectivity index (χ0) is 22.9. The molecule has 3 aromatic rings. The van der Waals surface area contributed by atoms with Crippen molar-refractivity contribution in [2.75, 3.05) is 35.7 Å². The minimum Gasteiger partial charge on any atom is -0.376 e. The van der Waals surface area contributed by atoms with Gasteiger partial charge in [-0.15, -0.1) is 0 Å². The molecule has 164 valence electrons. The largest absolute Gasteiger partial charge is 0.376 e. The molecule has 7 nitrogen and oxygen atoms in total. The van der Waals surface area contributed by atoms with Crippen LogP contribution in [0.4, 0.5) is 17.1 Å². The summed E-state index contributed by atoms with van der Waals surface area (Å²) in [5, 5.41) is 8.55. The lowest BCUT2D eigenvalue weighted by Crippen LogP contribution is -2.26. The molecule has 0 unspecified atom stereocenters. The van der Waals surface area contributed by atoms with Crippen molar-refractivity contribution in [3.05, 3.63) is 90.0 Å². The van der Waals surface area contributed by atoms with Crippen molar-refractivity contribution in [3.8, 4) is 0 Å². The summed E-state index contributed by atoms with van der Waals surface area (Å²) in [6.45, 7) is 2.47. The SMILES string of the molecule is CCNC(=O)c1ccc(NCC(=O)Nc2cccc(C(=O)N(C)c3ccccc3)c2)cc1. The topological polar surface area (TPSA) is 90.5 Å². The Kier molecular flexibility index (Phi) is 7.59. The Hall–Kier alpha value is -4.13. The number of benzene rings is 3. The fraction of sp³-hybridized carbons (Fsp3) is 0.160. The highest BCUT2D eigenvalue weighted by Crippen LogP contribution is 2.17. The van der Waals surface area contributed by atoms with E-state index < -0.39 is 0 Å². The van der Waals surface area contributed by atoms with Crippen LogP contribution in [0.15, 0.2) is 78.9 Å². The van der Waals surface area contributed by atoms with E-state index >= 15 is 0 Å². The minimum absolute atomic E-state index is 0.0442. The normalized spacial score (nSPS) is 10.2. The molecule has 0 spiro atoms. The third-order valence-corrected chi connectivity index (χ3v) is 4.78. The van der Waals surface area contributed by atoms with Crippen LogP contribution < -0.4 is 20.9 Å². The van der Waals surface area contributed by atoms with Gasteiger partial charge in [-0.25, -0.2) is 0 Å². The average Bonchev–Trinajstić information content (AvgIpc) is 2.83. The fourth-order valence-electron chi connectivity index (χ4n) is 3.08. The van der Waals surface area contributed by atoms with Gasteiger partial charge in [-0.05, 0) is 61.5 Å². The highest BCUT2D eigenvalue weighted by atomic mass is 16.2. The lowest BCUT2D eigenvalue weighted by Gasteiger charge is -2.17. The van der Waals surface area contributed by atoms with E-state index in [1.165, 1.54) is 0 Å². The number of para-hydroxylation sites is 1. The molecular formula is C25H26N4O3. The summed E-state index contributed by atoms with van der Waals surface area (Å²) in [5.41, 5.74) is 3.08. The molecular weight excluding hydrogens is 404 g/mol. The van der Waals surface area contributed by atoms with Crippen LogP contribution in [0.1, 0.15) is 27.6 Å². The second kappa shape index (κ2) is 10.8. The van der Waals surface area contributed by atoms with E-state index in [4.69, 9.17) is 0 Å². The molecule has 0 saturated heterocycles. The van der Waals surface area contributed by atoms with Crippen LogP contribution in [0.3, 0.4) is 0 Å². The molecule has 0 atom stereocenters. The van der Waals surface area contributed by atoms with Gasteiger partial charge in [0.2, 0.25) is 5.91 Å². The highest BCUT2D eigenvalue weighted by molar-refractivity contribution is 6.06. The number of hydrogen-bond donors (Lipinski definition) is 3. The molecule has 0 radical (unpaired) electrons. The molecule has 0 aliphatic carbocycles. The summed E-state index contributed by atoms with van der Waals surface area (Å²) in [7, 11) is 1.71. The van der Waals surface area contributed by atoms with Crippen LogP contribution in [0.5, 0.6) is 0 Å². The first kappa shape index (κ1) is 22.6. The molecule has 0 saturated carbocycles. The van der Waals surface area contributed by atoms with Gasteiger partial charge in [-0.2, -0.15) is 0 Å². The summed E-state index contributed by atoms with van der Waals surface area (Å²) < 4.78 is 0. The van der Waals surface area contributed by atoms with Gasteiger partial charge in [0.05, 0.1) is 6.54 Å². The van der Waals surface area contributed by atoms with Gasteiger partial charge >= 0.3 is 0 Å². The second-order valence-corrected chi connectivity index (χ2v) is 7.12. The fourth-order valence-corrected chi connectivity index (χ4v) is 3.08. The molecule has 0 aliphatic heterocycles. The van der Waals surface area contributed by atoms with Crippen molar-refractivity contribution < 1.29 is 14.4 Å². The van der Waals surface area contributed by atoms with Crippen molar-refractivity contribution >= 4 is 34.8 Å². The lowest BCUT2D eigenvalue weighted by atomic mass is 10.1. The van der Waals surface area contributed by atoms with E-state index in [1.807, 2.05) is 37.3 Å². The first-order chi connectivity index (χ1) is 15.5. The number of anilines is 3. The molecule has 7 heteroatoms. The Morgan fingerprint density at radius 2 is 1.53 bits per heavy atom. The Labute approximate surface area is 187 Å². The predicted octanol–water partition coefficient (Wildman–Crippen LogP) is 3.76. The number of carbonyl (C=O) groups excluding carboxylic acids is 3. The van der Waals surface area contributed by atoms with E-state index in [9.17, 15) is 14.4 Å². The third-order valence-electron chi connectivity index (χ3n) is 4.78. The van der Waals surface area contributed by atoms with Gasteiger partial charge in [0.1, 0.15) is 0 Å². The number of nitrogens with one attached hydrogen (secondary N) is 3. The molecule has 3 aromatic carbocycles. The van der Waals surface area contributed by atoms with Gasteiger partial charge in [0.15, 0.2) is 0 Å². The number of carbonyl (C=O) groups is 3. The van der Waals surface area contributed by atoms with E-state index in [0.29, 0.717) is 23.4 Å². The maximum atomic E-state index is 12.8. The Morgan fingerprint density at radius 3 is 2.22 bits per heavy atom. The third kappa shape index (κ3) is 5.95. The summed E-state index contributed by atoms with van der Waals surface area (Å²) >= 11 is 0. The van der Waals surface area contributed by atoms with Crippen molar-refractivity contribution in [2.45, 2.75) is 6.92 Å². The van der Waals surface area contributed by atoms with Crippen LogP contribution in [0.2, 0.25) is 0 Å². The minimum atomic E-state index is -0.251. The Bertz CT molecular complexity index is 1080. The van der Waals surface area contributed by atoms with Gasteiger partial charge in [-0.1, -0.05) is 24.3 Å². The highest BCUT2D eigenvalue weighted by Gasteiger charge is 2.14. The van der Waals surface area contributed by atoms with Crippen molar-refractivity contribution in [3.63, 3.8) is 0 Å². The van der Waals surface area contributed by atoms with Crippen LogP contribution in [-0.2, 0) is 4.79 Å². The van der Waals surface area contributed by atoms with E-state index in [-0.39, 0.29) is 24.3 Å². The van der Waals surface area contributed by atoms with Crippen molar-refractivity contribution in [2.24, 2.45) is 0 Å². The second-order valence-electron chi connectivity index (χ2n) is 7.12.